The molecule has 9 nitrogen and oxygen atoms in total. The summed E-state index contributed by atoms with van der Waals surface area (Å²) in [6, 6.07) is 19.2. The molecule has 1 N–H and O–H groups in total. The highest BCUT2D eigenvalue weighted by molar-refractivity contribution is 6.51. The van der Waals surface area contributed by atoms with Crippen molar-refractivity contribution in [1.82, 2.24) is 0 Å². The van der Waals surface area contributed by atoms with Crippen LogP contribution in [0.15, 0.2) is 78.4 Å². The van der Waals surface area contributed by atoms with Gasteiger partial charge in [-0.15, -0.1) is 0 Å². The normalized spacial score (nSPS) is 16.5. The van der Waals surface area contributed by atoms with Gasteiger partial charge in [0.15, 0.2) is 0 Å². The van der Waals surface area contributed by atoms with E-state index < -0.39 is 28.4 Å². The summed E-state index contributed by atoms with van der Waals surface area (Å²) in [5, 5.41) is 22.6. The van der Waals surface area contributed by atoms with Crippen molar-refractivity contribution < 1.29 is 19.6 Å². The molecule has 9 heteroatoms. The lowest BCUT2D eigenvalue weighted by Gasteiger charge is -2.27. The van der Waals surface area contributed by atoms with Crippen molar-refractivity contribution >= 4 is 40.2 Å². The van der Waals surface area contributed by atoms with E-state index in [0.29, 0.717) is 11.3 Å². The maximum absolute atomic E-state index is 13.4. The van der Waals surface area contributed by atoms with Crippen LogP contribution in [-0.2, 0) is 9.59 Å². The van der Waals surface area contributed by atoms with E-state index in [1.54, 1.807) is 12.1 Å². The van der Waals surface area contributed by atoms with Gasteiger partial charge in [-0.3, -0.25) is 24.6 Å². The third-order valence-electron chi connectivity index (χ3n) is 6.76. The number of anilines is 3. The first-order valence-electron chi connectivity index (χ1n) is 12.4. The summed E-state index contributed by atoms with van der Waals surface area (Å²) < 4.78 is 0. The van der Waals surface area contributed by atoms with Gasteiger partial charge in [0.2, 0.25) is 0 Å². The van der Waals surface area contributed by atoms with Crippen molar-refractivity contribution in [2.24, 2.45) is 0 Å². The molecular formula is C29H30N4O5. The van der Waals surface area contributed by atoms with Gasteiger partial charge < -0.3 is 14.9 Å². The number of aliphatic hydroxyl groups excluding tert-OH is 1. The van der Waals surface area contributed by atoms with Crippen LogP contribution >= 0.6 is 0 Å². The highest BCUT2D eigenvalue weighted by Crippen LogP contribution is 2.43. The molecule has 1 aliphatic heterocycles. The summed E-state index contributed by atoms with van der Waals surface area (Å²) in [5.41, 5.74) is 2.76. The number of nitro groups is 1. The lowest BCUT2D eigenvalue weighted by Crippen LogP contribution is -2.29. The molecule has 0 spiro atoms. The molecule has 3 aromatic carbocycles. The van der Waals surface area contributed by atoms with E-state index in [4.69, 9.17) is 0 Å². The fraction of sp³-hybridized carbons (Fsp3) is 0.241. The Morgan fingerprint density at radius 2 is 1.55 bits per heavy atom. The van der Waals surface area contributed by atoms with Crippen LogP contribution in [0.3, 0.4) is 0 Å². The maximum Gasteiger partial charge on any atom is 0.300 e. The second-order valence-corrected chi connectivity index (χ2v) is 9.15. The number of nitrogens with zero attached hydrogens (tertiary/aromatic N) is 4. The smallest absolute Gasteiger partial charge is 0.300 e. The van der Waals surface area contributed by atoms with Crippen LogP contribution in [0.25, 0.3) is 5.76 Å². The number of rotatable bonds is 8. The molecule has 1 amide bonds. The minimum absolute atomic E-state index is 0.0879. The number of nitro benzene ring substituents is 1. The van der Waals surface area contributed by atoms with E-state index in [2.05, 4.69) is 18.7 Å². The lowest BCUT2D eigenvalue weighted by atomic mass is 9.94. The maximum atomic E-state index is 13.4. The van der Waals surface area contributed by atoms with E-state index in [1.165, 1.54) is 29.2 Å². The quantitative estimate of drug-likeness (QED) is 0.146. The summed E-state index contributed by atoms with van der Waals surface area (Å²) in [4.78, 5) is 43.0. The summed E-state index contributed by atoms with van der Waals surface area (Å²) in [5.74, 6) is -2.10. The van der Waals surface area contributed by atoms with Crippen LogP contribution in [0.1, 0.15) is 31.0 Å². The summed E-state index contributed by atoms with van der Waals surface area (Å²) in [6.07, 6.45) is 0. The monoisotopic (exact) mass is 514 g/mol. The molecule has 0 radical (unpaired) electrons. The van der Waals surface area contributed by atoms with Crippen molar-refractivity contribution in [3.63, 3.8) is 0 Å². The van der Waals surface area contributed by atoms with Crippen molar-refractivity contribution in [2.45, 2.75) is 19.9 Å². The summed E-state index contributed by atoms with van der Waals surface area (Å²) in [6.45, 7) is 5.75. The number of carbonyl (C=O) groups excluding carboxylic acids is 2. The van der Waals surface area contributed by atoms with E-state index in [0.717, 1.165) is 24.5 Å². The van der Waals surface area contributed by atoms with Crippen molar-refractivity contribution in [3.05, 3.63) is 99.6 Å². The van der Waals surface area contributed by atoms with Gasteiger partial charge in [-0.05, 0) is 55.8 Å². The fourth-order valence-electron chi connectivity index (χ4n) is 4.70. The molecule has 0 bridgehead atoms. The first kappa shape index (κ1) is 26.4. The number of Topliss-reactive ketones (excluding diaryl/α,β-unsaturated/α-hetero) is 1. The zero-order valence-corrected chi connectivity index (χ0v) is 21.8. The van der Waals surface area contributed by atoms with Crippen molar-refractivity contribution in [3.8, 4) is 0 Å². The number of carbonyl (C=O) groups is 2. The van der Waals surface area contributed by atoms with Gasteiger partial charge in [0.05, 0.1) is 16.5 Å². The summed E-state index contributed by atoms with van der Waals surface area (Å²) >= 11 is 0. The summed E-state index contributed by atoms with van der Waals surface area (Å²) in [7, 11) is 3.80. The van der Waals surface area contributed by atoms with E-state index in [-0.39, 0.29) is 16.8 Å². The standard InChI is InChI=1S/C29H30N4O5/c1-5-31(6-2)22-12-10-19(11-13-22)26-25(27(34)20-8-7-9-24(18-20)33(37)38)28(35)29(36)32(26)23-16-14-21(15-17-23)30(3)4/h7-18,26,34H,5-6H2,1-4H3/b27-25-. The van der Waals surface area contributed by atoms with Crippen LogP contribution in [0.5, 0.6) is 0 Å². The first-order valence-corrected chi connectivity index (χ1v) is 12.4. The number of benzene rings is 3. The van der Waals surface area contributed by atoms with Gasteiger partial charge in [-0.1, -0.05) is 24.3 Å². The van der Waals surface area contributed by atoms with Gasteiger partial charge in [-0.25, -0.2) is 0 Å². The number of non-ortho nitro benzene ring substituents is 1. The van der Waals surface area contributed by atoms with Crippen molar-refractivity contribution in [1.29, 1.82) is 0 Å². The molecular weight excluding hydrogens is 484 g/mol. The molecule has 1 unspecified atom stereocenters. The molecule has 0 saturated carbocycles. The molecule has 1 aliphatic rings. The molecule has 196 valence electrons. The van der Waals surface area contributed by atoms with Gasteiger partial charge in [0, 0.05) is 61.9 Å². The average Bonchev–Trinajstić information content (AvgIpc) is 3.19. The third kappa shape index (κ3) is 4.82. The SMILES string of the molecule is CCN(CC)c1ccc(C2/C(=C(/O)c3cccc([N+](=O)[O-])c3)C(=O)C(=O)N2c2ccc(N(C)C)cc2)cc1. The minimum atomic E-state index is -0.926. The third-order valence-corrected chi connectivity index (χ3v) is 6.76. The molecule has 3 aromatic rings. The Hall–Kier alpha value is -4.66. The second-order valence-electron chi connectivity index (χ2n) is 9.15. The van der Waals surface area contributed by atoms with Crippen LogP contribution in [-0.4, -0.2) is 48.9 Å². The van der Waals surface area contributed by atoms with E-state index in [9.17, 15) is 24.8 Å². The van der Waals surface area contributed by atoms with Crippen molar-refractivity contribution in [2.75, 3.05) is 41.9 Å². The molecule has 38 heavy (non-hydrogen) atoms. The van der Waals surface area contributed by atoms with Crippen LogP contribution in [0, 0.1) is 10.1 Å². The largest absolute Gasteiger partial charge is 0.507 e. The topological polar surface area (TPSA) is 107 Å². The molecule has 0 aliphatic carbocycles. The van der Waals surface area contributed by atoms with E-state index >= 15 is 0 Å². The Kier molecular flexibility index (Phi) is 7.47. The van der Waals surface area contributed by atoms with Gasteiger partial charge in [0.25, 0.3) is 17.4 Å². The van der Waals surface area contributed by atoms with Crippen LogP contribution in [0.4, 0.5) is 22.7 Å². The average molecular weight is 515 g/mol. The van der Waals surface area contributed by atoms with Crippen LogP contribution in [0.2, 0.25) is 0 Å². The van der Waals surface area contributed by atoms with Gasteiger partial charge in [-0.2, -0.15) is 0 Å². The first-order chi connectivity index (χ1) is 18.2. The Balaban J connectivity index is 1.90. The number of amides is 1. The molecule has 0 aromatic heterocycles. The van der Waals surface area contributed by atoms with E-state index in [1.807, 2.05) is 55.4 Å². The predicted molar refractivity (Wildman–Crippen MR) is 149 cm³/mol. The second kappa shape index (κ2) is 10.8. The minimum Gasteiger partial charge on any atom is -0.507 e. The Morgan fingerprint density at radius 3 is 2.11 bits per heavy atom. The molecule has 1 saturated heterocycles. The zero-order chi connectivity index (χ0) is 27.6. The Labute approximate surface area is 221 Å². The number of hydrogen-bond acceptors (Lipinski definition) is 7. The molecule has 4 rings (SSSR count). The zero-order valence-electron chi connectivity index (χ0n) is 21.8. The fourth-order valence-corrected chi connectivity index (χ4v) is 4.70. The predicted octanol–water partition coefficient (Wildman–Crippen LogP) is 5.13. The Morgan fingerprint density at radius 1 is 0.947 bits per heavy atom. The lowest BCUT2D eigenvalue weighted by molar-refractivity contribution is -0.384. The number of aliphatic hydroxyl groups is 1. The highest BCUT2D eigenvalue weighted by atomic mass is 16.6. The molecule has 1 heterocycles. The van der Waals surface area contributed by atoms with Crippen LogP contribution < -0.4 is 14.7 Å². The molecule has 1 fully saturated rings. The number of hydrogen-bond donors (Lipinski definition) is 1. The van der Waals surface area contributed by atoms with Gasteiger partial charge >= 0.3 is 0 Å². The Bertz CT molecular complexity index is 1390. The van der Waals surface area contributed by atoms with Gasteiger partial charge in [0.1, 0.15) is 5.76 Å². The molecule has 1 atom stereocenters. The number of ketones is 1. The highest BCUT2D eigenvalue weighted by Gasteiger charge is 2.47.